The topological polar surface area (TPSA) is 84.7 Å². The van der Waals surface area contributed by atoms with Crippen molar-refractivity contribution in [3.05, 3.63) is 34.7 Å². The highest BCUT2D eigenvalue weighted by molar-refractivity contribution is 8.01. The fraction of sp³-hybridized carbons (Fsp3) is 0.538. The summed E-state index contributed by atoms with van der Waals surface area (Å²) in [5.74, 6) is 2.36. The molecular formula is C26H37N7OS. The largest absolute Gasteiger partial charge is 0.367 e. The summed E-state index contributed by atoms with van der Waals surface area (Å²) in [7, 11) is 0. The number of hydrogen-bond donors (Lipinski definition) is 2. The number of thioether (sulfide) groups is 1. The molecule has 0 spiro atoms. The van der Waals surface area contributed by atoms with Gasteiger partial charge in [0.2, 0.25) is 0 Å². The first-order valence-electron chi connectivity index (χ1n) is 12.2. The molecule has 188 valence electrons. The molecule has 0 bridgehead atoms. The zero-order valence-electron chi connectivity index (χ0n) is 21.3. The molecule has 0 aromatic carbocycles. The maximum atomic E-state index is 13.1. The second-order valence-electron chi connectivity index (χ2n) is 9.15. The van der Waals surface area contributed by atoms with Crippen molar-refractivity contribution in [3.63, 3.8) is 0 Å². The predicted octanol–water partition coefficient (Wildman–Crippen LogP) is 3.68. The van der Waals surface area contributed by atoms with Crippen LogP contribution in [0.5, 0.6) is 0 Å². The molecule has 2 heterocycles. The number of hydrazone groups is 2. The van der Waals surface area contributed by atoms with Crippen molar-refractivity contribution in [2.45, 2.75) is 52.9 Å². The Morgan fingerprint density at radius 2 is 2.00 bits per heavy atom. The lowest BCUT2D eigenvalue weighted by molar-refractivity contribution is -0.119. The summed E-state index contributed by atoms with van der Waals surface area (Å²) < 4.78 is 0. The maximum absolute atomic E-state index is 13.1. The van der Waals surface area contributed by atoms with E-state index in [0.29, 0.717) is 11.4 Å². The standard InChI is InChI=1S/C26H37N7OS/c1-6-11-22(32-16-14-27-15-17-32)21(7-2)29-30-24-20(3)31-33(25(24)34)19-28-23(18-35-5)26(4)12-9-8-10-13-26/h2,6,11,18-19,27,29H,8-10,12-17H2,1,3-5H3/b11-6-,22-21-,23-18-,28-19+,30-24+. The van der Waals surface area contributed by atoms with Crippen LogP contribution < -0.4 is 10.7 Å². The van der Waals surface area contributed by atoms with Gasteiger partial charge < -0.3 is 10.2 Å². The second-order valence-corrected chi connectivity index (χ2v) is 9.86. The number of aliphatic imine (C=N–C) groups is 1. The molecule has 1 saturated heterocycles. The van der Waals surface area contributed by atoms with Crippen LogP contribution >= 0.6 is 11.8 Å². The average molecular weight is 496 g/mol. The van der Waals surface area contributed by atoms with Gasteiger partial charge in [-0.3, -0.25) is 10.2 Å². The van der Waals surface area contributed by atoms with Crippen molar-refractivity contribution in [2.24, 2.45) is 20.6 Å². The molecule has 35 heavy (non-hydrogen) atoms. The van der Waals surface area contributed by atoms with E-state index in [1.165, 1.54) is 30.6 Å². The maximum Gasteiger partial charge on any atom is 0.301 e. The van der Waals surface area contributed by atoms with Crippen LogP contribution in [0.2, 0.25) is 0 Å². The summed E-state index contributed by atoms with van der Waals surface area (Å²) in [5.41, 5.74) is 6.11. The molecule has 0 radical (unpaired) electrons. The van der Waals surface area contributed by atoms with E-state index < -0.39 is 0 Å². The minimum Gasteiger partial charge on any atom is -0.367 e. The highest BCUT2D eigenvalue weighted by Crippen LogP contribution is 2.43. The van der Waals surface area contributed by atoms with Crippen LogP contribution in [0, 0.1) is 17.8 Å². The van der Waals surface area contributed by atoms with Crippen LogP contribution in [-0.2, 0) is 4.79 Å². The monoisotopic (exact) mass is 495 g/mol. The van der Waals surface area contributed by atoms with Crippen molar-refractivity contribution >= 4 is 35.4 Å². The molecule has 3 aliphatic rings. The van der Waals surface area contributed by atoms with E-state index in [4.69, 9.17) is 11.4 Å². The highest BCUT2D eigenvalue weighted by atomic mass is 32.2. The van der Waals surface area contributed by atoms with Crippen molar-refractivity contribution in [3.8, 4) is 12.3 Å². The Balaban J connectivity index is 1.78. The Morgan fingerprint density at radius 1 is 1.29 bits per heavy atom. The Morgan fingerprint density at radius 3 is 2.63 bits per heavy atom. The zero-order chi connectivity index (χ0) is 25.3. The van der Waals surface area contributed by atoms with Gasteiger partial charge in [-0.15, -0.1) is 18.2 Å². The van der Waals surface area contributed by atoms with Crippen LogP contribution in [0.25, 0.3) is 0 Å². The molecule has 8 nitrogen and oxygen atoms in total. The van der Waals surface area contributed by atoms with Gasteiger partial charge in [-0.1, -0.05) is 32.3 Å². The number of terminal acetylenes is 1. The van der Waals surface area contributed by atoms with Gasteiger partial charge in [-0.2, -0.15) is 15.2 Å². The molecule has 1 saturated carbocycles. The number of nitrogens with zero attached hydrogens (tertiary/aromatic N) is 5. The van der Waals surface area contributed by atoms with Gasteiger partial charge in [0.15, 0.2) is 5.71 Å². The fourth-order valence-corrected chi connectivity index (χ4v) is 5.12. The van der Waals surface area contributed by atoms with Crippen molar-refractivity contribution in [1.82, 2.24) is 20.7 Å². The molecule has 0 atom stereocenters. The summed E-state index contributed by atoms with van der Waals surface area (Å²) in [4.78, 5) is 20.0. The number of nitrogens with one attached hydrogen (secondary N) is 2. The Hall–Kier alpha value is -2.83. The number of amides is 1. The SMILES string of the molecule is C#C/C(N/N=C1/C(=O)N(/C=N/C(=C\SC)C2(C)CCCCC2)N=C1C)=C(\C=C/C)N1CCNCC1. The van der Waals surface area contributed by atoms with Gasteiger partial charge in [0, 0.05) is 31.6 Å². The Kier molecular flexibility index (Phi) is 9.75. The number of carbonyl (C=O) groups is 1. The fourth-order valence-electron chi connectivity index (χ4n) is 4.56. The normalized spacial score (nSPS) is 23.2. The second kappa shape index (κ2) is 12.8. The van der Waals surface area contributed by atoms with Gasteiger partial charge in [-0.05, 0) is 50.3 Å². The summed E-state index contributed by atoms with van der Waals surface area (Å²) in [5, 5.41) is 15.4. The van der Waals surface area contributed by atoms with Crippen LogP contribution in [0.4, 0.5) is 0 Å². The lowest BCUT2D eigenvalue weighted by Crippen LogP contribution is -2.43. The first-order valence-corrected chi connectivity index (χ1v) is 13.5. The van der Waals surface area contributed by atoms with Crippen molar-refractivity contribution in [2.75, 3.05) is 32.4 Å². The molecule has 0 aromatic rings. The van der Waals surface area contributed by atoms with Gasteiger partial charge in [0.1, 0.15) is 12.0 Å². The first-order chi connectivity index (χ1) is 16.9. The van der Waals surface area contributed by atoms with Crippen LogP contribution in [-0.4, -0.2) is 66.0 Å². The summed E-state index contributed by atoms with van der Waals surface area (Å²) in [6.07, 6.45) is 19.2. The van der Waals surface area contributed by atoms with Gasteiger partial charge in [0.05, 0.1) is 17.1 Å². The predicted molar refractivity (Wildman–Crippen MR) is 147 cm³/mol. The molecule has 2 fully saturated rings. The van der Waals surface area contributed by atoms with Crippen LogP contribution in [0.1, 0.15) is 52.9 Å². The summed E-state index contributed by atoms with van der Waals surface area (Å²) in [6, 6.07) is 0. The van der Waals surface area contributed by atoms with Crippen molar-refractivity contribution < 1.29 is 4.79 Å². The smallest absolute Gasteiger partial charge is 0.301 e. The van der Waals surface area contributed by atoms with Crippen LogP contribution in [0.15, 0.2) is 49.8 Å². The highest BCUT2D eigenvalue weighted by Gasteiger charge is 2.32. The molecule has 3 rings (SSSR count). The number of carbonyl (C=O) groups excluding carboxylic acids is 1. The van der Waals surface area contributed by atoms with Gasteiger partial charge >= 0.3 is 5.91 Å². The Bertz CT molecular complexity index is 1000. The van der Waals surface area contributed by atoms with E-state index >= 15 is 0 Å². The minimum atomic E-state index is -0.331. The molecule has 1 aliphatic carbocycles. The zero-order valence-corrected chi connectivity index (χ0v) is 22.1. The van der Waals surface area contributed by atoms with E-state index in [1.54, 1.807) is 18.7 Å². The van der Waals surface area contributed by atoms with E-state index in [9.17, 15) is 4.79 Å². The number of allylic oxidation sites excluding steroid dienone is 4. The molecule has 2 N–H and O–H groups in total. The Labute approximate surface area is 213 Å². The van der Waals surface area contributed by atoms with Gasteiger partial charge in [-0.25, -0.2) is 4.99 Å². The third-order valence-electron chi connectivity index (χ3n) is 6.58. The molecule has 0 unspecified atom stereocenters. The number of hydrogen-bond acceptors (Lipinski definition) is 8. The third kappa shape index (κ3) is 6.65. The number of rotatable bonds is 8. The molecule has 2 aliphatic heterocycles. The summed E-state index contributed by atoms with van der Waals surface area (Å²) in [6.45, 7) is 9.43. The minimum absolute atomic E-state index is 0.0252. The molecule has 1 amide bonds. The quantitative estimate of drug-likeness (QED) is 0.176. The molecule has 9 heteroatoms. The lowest BCUT2D eigenvalue weighted by Gasteiger charge is -2.34. The third-order valence-corrected chi connectivity index (χ3v) is 7.04. The molecule has 0 aromatic heterocycles. The molecular weight excluding hydrogens is 458 g/mol. The van der Waals surface area contributed by atoms with E-state index in [0.717, 1.165) is 50.4 Å². The summed E-state index contributed by atoms with van der Waals surface area (Å²) >= 11 is 1.63. The van der Waals surface area contributed by atoms with Crippen molar-refractivity contribution in [1.29, 1.82) is 0 Å². The lowest BCUT2D eigenvalue weighted by atomic mass is 9.74. The van der Waals surface area contributed by atoms with E-state index in [1.807, 2.05) is 25.3 Å². The van der Waals surface area contributed by atoms with Crippen LogP contribution in [0.3, 0.4) is 0 Å². The average Bonchev–Trinajstić information content (AvgIpc) is 3.14. The first kappa shape index (κ1) is 26.8. The number of piperazine rings is 1. The van der Waals surface area contributed by atoms with E-state index in [2.05, 4.69) is 44.1 Å². The van der Waals surface area contributed by atoms with Gasteiger partial charge in [0.25, 0.3) is 0 Å². The van der Waals surface area contributed by atoms with E-state index in [-0.39, 0.29) is 17.0 Å².